The normalized spacial score (nSPS) is 11.9. The molecule has 0 saturated heterocycles. The summed E-state index contributed by atoms with van der Waals surface area (Å²) in [6, 6.07) is 18.7. The van der Waals surface area contributed by atoms with Gasteiger partial charge >= 0.3 is 0 Å². The van der Waals surface area contributed by atoms with Gasteiger partial charge < -0.3 is 4.74 Å². The molecule has 0 aliphatic rings. The van der Waals surface area contributed by atoms with Crippen molar-refractivity contribution in [1.82, 2.24) is 9.38 Å². The number of nitriles is 1. The van der Waals surface area contributed by atoms with E-state index in [4.69, 9.17) is 4.74 Å². The highest BCUT2D eigenvalue weighted by Crippen LogP contribution is 2.27. The van der Waals surface area contributed by atoms with Crippen molar-refractivity contribution >= 4 is 21.6 Å². The van der Waals surface area contributed by atoms with E-state index in [-0.39, 0.29) is 16.3 Å². The molecule has 0 N–H and O–H groups in total. The molecule has 35 heavy (non-hydrogen) atoms. The predicted molar refractivity (Wildman–Crippen MR) is 134 cm³/mol. The lowest BCUT2D eigenvalue weighted by molar-refractivity contribution is 0.460. The van der Waals surface area contributed by atoms with Crippen LogP contribution >= 0.6 is 0 Å². The molecule has 4 rings (SSSR count). The van der Waals surface area contributed by atoms with E-state index >= 15 is 0 Å². The molecule has 176 valence electrons. The van der Waals surface area contributed by atoms with Gasteiger partial charge in [-0.2, -0.15) is 10.2 Å². The molecule has 2 aromatic heterocycles. The van der Waals surface area contributed by atoms with Crippen molar-refractivity contribution < 1.29 is 13.2 Å². The first-order valence-corrected chi connectivity index (χ1v) is 12.4. The van der Waals surface area contributed by atoms with Gasteiger partial charge in [0.2, 0.25) is 15.7 Å². The minimum absolute atomic E-state index is 0.0433. The summed E-state index contributed by atoms with van der Waals surface area (Å²) in [7, 11) is -4.17. The molecule has 0 amide bonds. The molecule has 0 atom stereocenters. The van der Waals surface area contributed by atoms with Gasteiger partial charge in [-0.3, -0.25) is 9.20 Å². The summed E-state index contributed by atoms with van der Waals surface area (Å²) in [5, 5.41) is 9.76. The number of sulfone groups is 1. The number of nitrogens with zero attached hydrogens (tertiary/aromatic N) is 3. The Kier molecular flexibility index (Phi) is 6.54. The second-order valence-corrected chi connectivity index (χ2v) is 9.98. The highest BCUT2D eigenvalue weighted by molar-refractivity contribution is 7.95. The van der Waals surface area contributed by atoms with Gasteiger partial charge in [0, 0.05) is 6.20 Å². The molecule has 0 fully saturated rings. The van der Waals surface area contributed by atoms with Crippen LogP contribution in [0, 0.1) is 25.2 Å². The molecule has 0 aliphatic heterocycles. The fourth-order valence-electron chi connectivity index (χ4n) is 3.54. The lowest BCUT2D eigenvalue weighted by Gasteiger charge is -2.12. The summed E-state index contributed by atoms with van der Waals surface area (Å²) in [4.78, 5) is 17.3. The Morgan fingerprint density at radius 2 is 1.77 bits per heavy atom. The van der Waals surface area contributed by atoms with Crippen molar-refractivity contribution in [3.05, 3.63) is 104 Å². The van der Waals surface area contributed by atoms with Gasteiger partial charge in [-0.15, -0.1) is 0 Å². The smallest absolute Gasteiger partial charge is 0.269 e. The summed E-state index contributed by atoms with van der Waals surface area (Å²) in [6.45, 7) is 5.67. The summed E-state index contributed by atoms with van der Waals surface area (Å²) >= 11 is 0. The lowest BCUT2D eigenvalue weighted by atomic mass is 10.2. The van der Waals surface area contributed by atoms with Crippen LogP contribution in [0.1, 0.15) is 29.2 Å². The molecular formula is C27H23N3O4S. The Bertz CT molecular complexity index is 1640. The number of ether oxygens (including phenoxy) is 1. The fraction of sp³-hybridized carbons (Fsp3) is 0.148. The fourth-order valence-corrected chi connectivity index (χ4v) is 4.69. The molecule has 0 radical (unpaired) electrons. The molecule has 0 aliphatic carbocycles. The second-order valence-electron chi connectivity index (χ2n) is 8.06. The molecule has 0 saturated carbocycles. The van der Waals surface area contributed by atoms with Gasteiger partial charge in [0.1, 0.15) is 27.9 Å². The Balaban J connectivity index is 1.93. The first-order valence-electron chi connectivity index (χ1n) is 11.0. The zero-order chi connectivity index (χ0) is 25.2. The van der Waals surface area contributed by atoms with Gasteiger partial charge in [-0.25, -0.2) is 8.42 Å². The highest BCUT2D eigenvalue weighted by atomic mass is 32.2. The average molecular weight is 486 g/mol. The maximum atomic E-state index is 13.4. The lowest BCUT2D eigenvalue weighted by Crippen LogP contribution is -2.20. The van der Waals surface area contributed by atoms with Crippen LogP contribution < -0.4 is 10.3 Å². The maximum absolute atomic E-state index is 13.4. The number of allylic oxidation sites excluding steroid dienone is 1. The van der Waals surface area contributed by atoms with Crippen molar-refractivity contribution in [3.63, 3.8) is 0 Å². The highest BCUT2D eigenvalue weighted by Gasteiger charge is 2.24. The minimum atomic E-state index is -4.17. The molecule has 0 bridgehead atoms. The first kappa shape index (κ1) is 23.9. The van der Waals surface area contributed by atoms with Crippen LogP contribution in [-0.2, 0) is 16.3 Å². The van der Waals surface area contributed by atoms with E-state index in [0.717, 1.165) is 29.2 Å². The van der Waals surface area contributed by atoms with Gasteiger partial charge in [0.05, 0.1) is 4.90 Å². The number of aryl methyl sites for hydroxylation is 3. The van der Waals surface area contributed by atoms with Crippen LogP contribution in [-0.4, -0.2) is 17.8 Å². The molecule has 0 spiro atoms. The Hall–Kier alpha value is -4.22. The van der Waals surface area contributed by atoms with Crippen LogP contribution in [0.3, 0.4) is 0 Å². The molecule has 2 aromatic carbocycles. The summed E-state index contributed by atoms with van der Waals surface area (Å²) < 4.78 is 33.6. The molecule has 2 heterocycles. The van der Waals surface area contributed by atoms with E-state index in [0.29, 0.717) is 11.4 Å². The van der Waals surface area contributed by atoms with E-state index in [1.165, 1.54) is 22.7 Å². The maximum Gasteiger partial charge on any atom is 0.269 e. The zero-order valence-electron chi connectivity index (χ0n) is 19.5. The van der Waals surface area contributed by atoms with E-state index in [1.807, 2.05) is 26.0 Å². The van der Waals surface area contributed by atoms with Crippen LogP contribution in [0.25, 0.3) is 11.7 Å². The van der Waals surface area contributed by atoms with Crippen molar-refractivity contribution in [3.8, 4) is 17.7 Å². The van der Waals surface area contributed by atoms with E-state index in [9.17, 15) is 18.5 Å². The van der Waals surface area contributed by atoms with Gasteiger partial charge in [-0.1, -0.05) is 42.8 Å². The summed E-state index contributed by atoms with van der Waals surface area (Å²) in [5.41, 5.74) is 2.40. The third kappa shape index (κ3) is 4.72. The molecule has 7 nitrogen and oxygen atoms in total. The van der Waals surface area contributed by atoms with Crippen LogP contribution in [0.5, 0.6) is 11.6 Å². The van der Waals surface area contributed by atoms with Gasteiger partial charge in [-0.05, 0) is 67.8 Å². The third-order valence-electron chi connectivity index (χ3n) is 5.60. The second kappa shape index (κ2) is 9.57. The van der Waals surface area contributed by atoms with Gasteiger partial charge in [0.25, 0.3) is 5.56 Å². The van der Waals surface area contributed by atoms with E-state index in [2.05, 4.69) is 4.98 Å². The Labute approximate surface area is 203 Å². The predicted octanol–water partition coefficient (Wildman–Crippen LogP) is 5.00. The monoisotopic (exact) mass is 485 g/mol. The Morgan fingerprint density at radius 1 is 1.09 bits per heavy atom. The van der Waals surface area contributed by atoms with Crippen molar-refractivity contribution in [1.29, 1.82) is 5.26 Å². The molecule has 0 unspecified atom stereocenters. The first-order chi connectivity index (χ1) is 16.7. The minimum Gasteiger partial charge on any atom is -0.438 e. The van der Waals surface area contributed by atoms with Crippen molar-refractivity contribution in [2.45, 2.75) is 32.1 Å². The van der Waals surface area contributed by atoms with E-state index in [1.54, 1.807) is 49.4 Å². The van der Waals surface area contributed by atoms with Crippen LogP contribution in [0.2, 0.25) is 0 Å². The van der Waals surface area contributed by atoms with Gasteiger partial charge in [0.15, 0.2) is 0 Å². The van der Waals surface area contributed by atoms with Crippen LogP contribution in [0.4, 0.5) is 0 Å². The van der Waals surface area contributed by atoms with Crippen LogP contribution in [0.15, 0.2) is 81.5 Å². The molecule has 8 heteroatoms. The quantitative estimate of drug-likeness (QED) is 0.356. The largest absolute Gasteiger partial charge is 0.438 e. The number of benzene rings is 2. The van der Waals surface area contributed by atoms with Crippen molar-refractivity contribution in [2.24, 2.45) is 0 Å². The SMILES string of the molecule is CCc1ccc(Oc2nc3c(C)cccn3c(=O)c2/C=C(\C#N)S(=O)(=O)c2ccc(C)cc2)cc1. The zero-order valence-corrected chi connectivity index (χ0v) is 20.3. The third-order valence-corrected chi connectivity index (χ3v) is 7.28. The number of rotatable bonds is 6. The van der Waals surface area contributed by atoms with Crippen molar-refractivity contribution in [2.75, 3.05) is 0 Å². The van der Waals surface area contributed by atoms with E-state index < -0.39 is 20.3 Å². The number of fused-ring (bicyclic) bond motifs is 1. The standard InChI is InChI=1S/C27H23N3O4S/c1-4-20-9-11-21(12-10-20)34-26-24(27(31)30-15-5-6-19(3)25(30)29-26)16-23(17-28)35(32,33)22-13-7-18(2)8-14-22/h5-16H,4H2,1-3H3/b23-16+. The molecule has 4 aromatic rings. The average Bonchev–Trinajstić information content (AvgIpc) is 2.85. The number of hydrogen-bond donors (Lipinski definition) is 0. The summed E-state index contributed by atoms with van der Waals surface area (Å²) in [6.07, 6.45) is 3.43. The number of pyridine rings is 1. The summed E-state index contributed by atoms with van der Waals surface area (Å²) in [5.74, 6) is 0.349. The topological polar surface area (TPSA) is 102 Å². The number of hydrogen-bond acceptors (Lipinski definition) is 6. The number of aromatic nitrogens is 2. The molecular weight excluding hydrogens is 462 g/mol. The Morgan fingerprint density at radius 3 is 2.40 bits per heavy atom.